The SMILES string of the molecule is NC(=O)C1(C(=O)N2CCc3nc(-c4ccc(O[C@H]5C[C@H](N6CCCCC6)C5)cc4)sc3C2)CC1. The van der Waals surface area contributed by atoms with Gasteiger partial charge in [0.25, 0.3) is 0 Å². The number of benzene rings is 1. The molecule has 1 aromatic carbocycles. The molecule has 34 heavy (non-hydrogen) atoms. The molecule has 1 saturated heterocycles. The number of ether oxygens (including phenoxy) is 1. The number of fused-ring (bicyclic) bond motifs is 1. The summed E-state index contributed by atoms with van der Waals surface area (Å²) in [5, 5.41) is 0.968. The zero-order valence-corrected chi connectivity index (χ0v) is 20.3. The number of nitrogens with zero attached hydrogens (tertiary/aromatic N) is 3. The monoisotopic (exact) mass is 480 g/mol. The first-order valence-electron chi connectivity index (χ1n) is 12.6. The van der Waals surface area contributed by atoms with Gasteiger partial charge in [0, 0.05) is 42.3 Å². The molecule has 3 fully saturated rings. The first-order valence-corrected chi connectivity index (χ1v) is 13.4. The molecule has 8 heteroatoms. The van der Waals surface area contributed by atoms with Gasteiger partial charge in [-0.2, -0.15) is 0 Å². The van der Waals surface area contributed by atoms with Crippen molar-refractivity contribution in [1.29, 1.82) is 0 Å². The number of carbonyl (C=O) groups excluding carboxylic acids is 2. The molecule has 4 aliphatic rings. The number of amides is 2. The minimum absolute atomic E-state index is 0.111. The molecule has 7 nitrogen and oxygen atoms in total. The molecule has 2 amide bonds. The van der Waals surface area contributed by atoms with Gasteiger partial charge in [0.1, 0.15) is 22.3 Å². The van der Waals surface area contributed by atoms with Gasteiger partial charge in [0.05, 0.1) is 12.2 Å². The second kappa shape index (κ2) is 8.64. The van der Waals surface area contributed by atoms with E-state index in [1.54, 1.807) is 16.2 Å². The highest BCUT2D eigenvalue weighted by molar-refractivity contribution is 7.15. The molecule has 180 valence electrons. The number of rotatable bonds is 6. The molecular weight excluding hydrogens is 448 g/mol. The summed E-state index contributed by atoms with van der Waals surface area (Å²) in [6, 6.07) is 8.95. The van der Waals surface area contributed by atoms with Crippen LogP contribution in [0.1, 0.15) is 55.5 Å². The number of piperidine rings is 1. The predicted octanol–water partition coefficient (Wildman–Crippen LogP) is 3.36. The van der Waals surface area contributed by atoms with Gasteiger partial charge in [-0.1, -0.05) is 6.42 Å². The fourth-order valence-electron chi connectivity index (χ4n) is 5.57. The van der Waals surface area contributed by atoms with Crippen molar-refractivity contribution in [3.63, 3.8) is 0 Å². The minimum Gasteiger partial charge on any atom is -0.490 e. The Morgan fingerprint density at radius 3 is 2.47 bits per heavy atom. The van der Waals surface area contributed by atoms with Crippen molar-refractivity contribution in [2.45, 2.75) is 70.1 Å². The standard InChI is InChI=1S/C26H32N4O3S/c27-24(31)26(9-10-26)25(32)30-13-8-21-22(16-30)34-23(28-21)17-4-6-19(7-5-17)33-20-14-18(15-20)29-11-2-1-3-12-29/h4-7,18,20H,1-3,8-16H2,(H2,27,31)/t18-,20-. The van der Waals surface area contributed by atoms with E-state index in [-0.39, 0.29) is 5.91 Å². The Morgan fingerprint density at radius 2 is 1.79 bits per heavy atom. The van der Waals surface area contributed by atoms with E-state index in [9.17, 15) is 9.59 Å². The van der Waals surface area contributed by atoms with Gasteiger partial charge in [0.2, 0.25) is 11.8 Å². The molecule has 0 bridgehead atoms. The molecule has 3 heterocycles. The van der Waals surface area contributed by atoms with Crippen molar-refractivity contribution in [2.24, 2.45) is 11.1 Å². The molecule has 2 aliphatic heterocycles. The van der Waals surface area contributed by atoms with E-state index in [0.29, 0.717) is 44.5 Å². The molecule has 2 aliphatic carbocycles. The van der Waals surface area contributed by atoms with E-state index in [1.807, 2.05) is 12.1 Å². The van der Waals surface area contributed by atoms with Crippen molar-refractivity contribution >= 4 is 23.2 Å². The number of likely N-dealkylation sites (tertiary alicyclic amines) is 1. The Labute approximate surface area is 204 Å². The van der Waals surface area contributed by atoms with Gasteiger partial charge in [0.15, 0.2) is 0 Å². The summed E-state index contributed by atoms with van der Waals surface area (Å²) in [4.78, 5) is 35.0. The van der Waals surface area contributed by atoms with Gasteiger partial charge in [-0.25, -0.2) is 4.98 Å². The fraction of sp³-hybridized carbons (Fsp3) is 0.577. The Kier molecular flexibility index (Phi) is 5.60. The average molecular weight is 481 g/mol. The van der Waals surface area contributed by atoms with E-state index in [2.05, 4.69) is 17.0 Å². The normalized spacial score (nSPS) is 25.8. The first-order chi connectivity index (χ1) is 16.5. The number of hydrogen-bond acceptors (Lipinski definition) is 6. The Hall–Kier alpha value is -2.45. The highest BCUT2D eigenvalue weighted by Crippen LogP contribution is 2.47. The quantitative estimate of drug-likeness (QED) is 0.641. The van der Waals surface area contributed by atoms with Crippen LogP contribution in [0.2, 0.25) is 0 Å². The zero-order chi connectivity index (χ0) is 23.3. The lowest BCUT2D eigenvalue weighted by Crippen LogP contribution is -2.50. The average Bonchev–Trinajstić information content (AvgIpc) is 3.54. The summed E-state index contributed by atoms with van der Waals surface area (Å²) in [6.07, 6.45) is 8.51. The fourth-order valence-corrected chi connectivity index (χ4v) is 6.70. The third-order valence-corrected chi connectivity index (χ3v) is 9.16. The highest BCUT2D eigenvalue weighted by Gasteiger charge is 2.57. The molecule has 1 aromatic heterocycles. The minimum atomic E-state index is -0.949. The van der Waals surface area contributed by atoms with Crippen LogP contribution >= 0.6 is 11.3 Å². The topological polar surface area (TPSA) is 88.8 Å². The predicted molar refractivity (Wildman–Crippen MR) is 130 cm³/mol. The Morgan fingerprint density at radius 1 is 1.06 bits per heavy atom. The summed E-state index contributed by atoms with van der Waals surface area (Å²) >= 11 is 1.63. The number of nitrogens with two attached hydrogens (primary N) is 1. The second-order valence-corrected chi connectivity index (χ2v) is 11.4. The maximum Gasteiger partial charge on any atom is 0.238 e. The van der Waals surface area contributed by atoms with Gasteiger partial charge in [-0.3, -0.25) is 9.59 Å². The summed E-state index contributed by atoms with van der Waals surface area (Å²) in [7, 11) is 0. The van der Waals surface area contributed by atoms with Crippen LogP contribution in [0.5, 0.6) is 5.75 Å². The molecule has 2 aromatic rings. The van der Waals surface area contributed by atoms with Crippen molar-refractivity contribution in [1.82, 2.24) is 14.8 Å². The number of carbonyl (C=O) groups is 2. The van der Waals surface area contributed by atoms with Crippen LogP contribution in [0.15, 0.2) is 24.3 Å². The van der Waals surface area contributed by atoms with Crippen molar-refractivity contribution in [3.05, 3.63) is 34.8 Å². The summed E-state index contributed by atoms with van der Waals surface area (Å²) in [5.41, 5.74) is 6.68. The van der Waals surface area contributed by atoms with Crippen LogP contribution in [0.4, 0.5) is 0 Å². The lowest BCUT2D eigenvalue weighted by molar-refractivity contribution is -0.143. The molecule has 2 N–H and O–H groups in total. The third-order valence-electron chi connectivity index (χ3n) is 8.03. The summed E-state index contributed by atoms with van der Waals surface area (Å²) < 4.78 is 6.22. The highest BCUT2D eigenvalue weighted by atomic mass is 32.1. The number of thiazole rings is 1. The molecule has 6 rings (SSSR count). The van der Waals surface area contributed by atoms with Crippen molar-refractivity contribution < 1.29 is 14.3 Å². The van der Waals surface area contributed by atoms with Crippen LogP contribution in [0.3, 0.4) is 0 Å². The maximum absolute atomic E-state index is 12.9. The zero-order valence-electron chi connectivity index (χ0n) is 19.5. The third kappa shape index (κ3) is 4.01. The molecule has 0 spiro atoms. The molecule has 0 radical (unpaired) electrons. The van der Waals surface area contributed by atoms with E-state index in [4.69, 9.17) is 15.5 Å². The van der Waals surface area contributed by atoms with Crippen LogP contribution in [-0.2, 0) is 22.6 Å². The Balaban J connectivity index is 1.06. The molecular formula is C26H32N4O3S. The van der Waals surface area contributed by atoms with E-state index < -0.39 is 11.3 Å². The smallest absolute Gasteiger partial charge is 0.238 e. The Bertz CT molecular complexity index is 1080. The van der Waals surface area contributed by atoms with Gasteiger partial charge in [-0.15, -0.1) is 11.3 Å². The molecule has 0 unspecified atom stereocenters. The molecule has 2 saturated carbocycles. The second-order valence-electron chi connectivity index (χ2n) is 10.3. The van der Waals surface area contributed by atoms with Gasteiger partial charge < -0.3 is 20.3 Å². The lowest BCUT2D eigenvalue weighted by Gasteiger charge is -2.44. The van der Waals surface area contributed by atoms with Crippen LogP contribution < -0.4 is 10.5 Å². The number of hydrogen-bond donors (Lipinski definition) is 1. The first kappa shape index (κ1) is 22.0. The number of aromatic nitrogens is 1. The van der Waals surface area contributed by atoms with E-state index in [0.717, 1.165) is 39.7 Å². The largest absolute Gasteiger partial charge is 0.490 e. The summed E-state index contributed by atoms with van der Waals surface area (Å²) in [6.45, 7) is 3.61. The van der Waals surface area contributed by atoms with Crippen molar-refractivity contribution in [3.8, 4) is 16.3 Å². The number of primary amides is 1. The lowest BCUT2D eigenvalue weighted by atomic mass is 9.86. The van der Waals surface area contributed by atoms with E-state index >= 15 is 0 Å². The summed E-state index contributed by atoms with van der Waals surface area (Å²) in [5.74, 6) is 0.324. The van der Waals surface area contributed by atoms with Crippen LogP contribution in [-0.4, -0.2) is 58.4 Å². The maximum atomic E-state index is 12.9. The van der Waals surface area contributed by atoms with Crippen molar-refractivity contribution in [2.75, 3.05) is 19.6 Å². The molecule has 0 atom stereocenters. The van der Waals surface area contributed by atoms with Crippen LogP contribution in [0, 0.1) is 5.41 Å². The van der Waals surface area contributed by atoms with Gasteiger partial charge in [-0.05, 0) is 63.0 Å². The van der Waals surface area contributed by atoms with E-state index in [1.165, 1.54) is 32.4 Å². The van der Waals surface area contributed by atoms with Gasteiger partial charge >= 0.3 is 0 Å². The van der Waals surface area contributed by atoms with Crippen LogP contribution in [0.25, 0.3) is 10.6 Å².